The number of carbonyl (C=O) groups is 1. The molecule has 1 aliphatic rings. The molecular formula is C16H23ClF2N2O. The van der Waals surface area contributed by atoms with Crippen LogP contribution in [0.3, 0.4) is 0 Å². The molecule has 0 bridgehead atoms. The van der Waals surface area contributed by atoms with Gasteiger partial charge in [0.05, 0.1) is 6.42 Å². The topological polar surface area (TPSA) is 32.3 Å². The number of hydrogen-bond acceptors (Lipinski definition) is 2. The molecule has 0 unspecified atom stereocenters. The smallest absolute Gasteiger partial charge is 0.227 e. The highest BCUT2D eigenvalue weighted by Crippen LogP contribution is 2.16. The van der Waals surface area contributed by atoms with E-state index in [-0.39, 0.29) is 30.8 Å². The van der Waals surface area contributed by atoms with Crippen molar-refractivity contribution in [2.75, 3.05) is 19.6 Å². The standard InChI is InChI=1S/C16H22F2N2O.ClH/c1-2-9-20(13-5-7-19-8-6-13)16(21)11-12-3-4-14(17)15(18)10-12;/h3-4,10,13,19H,2,5-9,11H2,1H3;1H. The molecule has 0 atom stereocenters. The van der Waals surface area contributed by atoms with Crippen LogP contribution in [0.25, 0.3) is 0 Å². The summed E-state index contributed by atoms with van der Waals surface area (Å²) in [5, 5.41) is 3.28. The van der Waals surface area contributed by atoms with Crippen LogP contribution in [-0.4, -0.2) is 36.5 Å². The molecule has 1 amide bonds. The predicted octanol–water partition coefficient (Wildman–Crippen LogP) is 2.92. The summed E-state index contributed by atoms with van der Waals surface area (Å²) in [5.74, 6) is -1.78. The molecule has 0 aliphatic carbocycles. The van der Waals surface area contributed by atoms with Crippen LogP contribution in [0.4, 0.5) is 8.78 Å². The summed E-state index contributed by atoms with van der Waals surface area (Å²) < 4.78 is 26.2. The van der Waals surface area contributed by atoms with E-state index in [4.69, 9.17) is 0 Å². The van der Waals surface area contributed by atoms with Gasteiger partial charge in [0.1, 0.15) is 0 Å². The average Bonchev–Trinajstić information content (AvgIpc) is 2.49. The molecule has 0 radical (unpaired) electrons. The number of nitrogens with one attached hydrogen (secondary N) is 1. The first-order valence-electron chi connectivity index (χ1n) is 7.56. The Morgan fingerprint density at radius 1 is 1.27 bits per heavy atom. The Morgan fingerprint density at radius 3 is 2.55 bits per heavy atom. The van der Waals surface area contributed by atoms with Crippen molar-refractivity contribution in [1.29, 1.82) is 0 Å². The second-order valence-corrected chi connectivity index (χ2v) is 5.49. The van der Waals surface area contributed by atoms with Crippen molar-refractivity contribution in [2.45, 2.75) is 38.6 Å². The Kier molecular flexibility index (Phi) is 7.76. The lowest BCUT2D eigenvalue weighted by Gasteiger charge is -2.34. The fraction of sp³-hybridized carbons (Fsp3) is 0.562. The third-order valence-corrected chi connectivity index (χ3v) is 3.87. The highest BCUT2D eigenvalue weighted by molar-refractivity contribution is 5.85. The summed E-state index contributed by atoms with van der Waals surface area (Å²) in [6, 6.07) is 3.92. The highest BCUT2D eigenvalue weighted by atomic mass is 35.5. The van der Waals surface area contributed by atoms with E-state index in [0.717, 1.165) is 44.5 Å². The average molecular weight is 333 g/mol. The largest absolute Gasteiger partial charge is 0.339 e. The van der Waals surface area contributed by atoms with Crippen LogP contribution in [0.1, 0.15) is 31.7 Å². The van der Waals surface area contributed by atoms with E-state index in [1.54, 1.807) is 0 Å². The van der Waals surface area contributed by atoms with Crippen LogP contribution < -0.4 is 5.32 Å². The fourth-order valence-electron chi connectivity index (χ4n) is 2.80. The molecule has 22 heavy (non-hydrogen) atoms. The molecule has 0 aromatic heterocycles. The number of nitrogens with zero attached hydrogens (tertiary/aromatic N) is 1. The van der Waals surface area contributed by atoms with Crippen molar-refractivity contribution in [3.63, 3.8) is 0 Å². The number of amides is 1. The number of piperidine rings is 1. The Bertz CT molecular complexity index is 493. The molecule has 124 valence electrons. The van der Waals surface area contributed by atoms with Gasteiger partial charge in [0, 0.05) is 12.6 Å². The van der Waals surface area contributed by atoms with Crippen molar-refractivity contribution in [2.24, 2.45) is 0 Å². The maximum Gasteiger partial charge on any atom is 0.227 e. The SMILES string of the molecule is CCCN(C(=O)Cc1ccc(F)c(F)c1)C1CCNCC1.Cl. The summed E-state index contributed by atoms with van der Waals surface area (Å²) in [6.07, 6.45) is 2.92. The molecule has 1 aromatic carbocycles. The van der Waals surface area contributed by atoms with Crippen LogP contribution in [0, 0.1) is 11.6 Å². The quantitative estimate of drug-likeness (QED) is 0.899. The van der Waals surface area contributed by atoms with Crippen LogP contribution >= 0.6 is 12.4 Å². The van der Waals surface area contributed by atoms with Crippen LogP contribution in [-0.2, 0) is 11.2 Å². The van der Waals surface area contributed by atoms with Gasteiger partial charge in [-0.15, -0.1) is 12.4 Å². The molecule has 1 fully saturated rings. The van der Waals surface area contributed by atoms with Gasteiger partial charge in [-0.25, -0.2) is 8.78 Å². The summed E-state index contributed by atoms with van der Waals surface area (Å²) in [5.41, 5.74) is 0.522. The Morgan fingerprint density at radius 2 is 1.95 bits per heavy atom. The van der Waals surface area contributed by atoms with Crippen LogP contribution in [0.5, 0.6) is 0 Å². The van der Waals surface area contributed by atoms with Crippen molar-refractivity contribution >= 4 is 18.3 Å². The van der Waals surface area contributed by atoms with Crippen molar-refractivity contribution in [3.8, 4) is 0 Å². The summed E-state index contributed by atoms with van der Waals surface area (Å²) >= 11 is 0. The molecule has 1 saturated heterocycles. The number of hydrogen-bond donors (Lipinski definition) is 1. The Labute approximate surface area is 136 Å². The second kappa shape index (κ2) is 9.06. The van der Waals surface area contributed by atoms with Gasteiger partial charge in [-0.05, 0) is 50.0 Å². The van der Waals surface area contributed by atoms with E-state index in [2.05, 4.69) is 5.32 Å². The third kappa shape index (κ3) is 4.92. The third-order valence-electron chi connectivity index (χ3n) is 3.87. The maximum absolute atomic E-state index is 13.2. The molecule has 6 heteroatoms. The Balaban J connectivity index is 0.00000242. The minimum atomic E-state index is -0.899. The maximum atomic E-state index is 13.2. The van der Waals surface area contributed by atoms with Crippen LogP contribution in [0.2, 0.25) is 0 Å². The van der Waals surface area contributed by atoms with E-state index in [9.17, 15) is 13.6 Å². The first-order chi connectivity index (χ1) is 10.1. The number of benzene rings is 1. The zero-order chi connectivity index (χ0) is 15.2. The number of halogens is 3. The molecule has 3 nitrogen and oxygen atoms in total. The summed E-state index contributed by atoms with van der Waals surface area (Å²) in [7, 11) is 0. The van der Waals surface area contributed by atoms with Gasteiger partial charge in [-0.3, -0.25) is 4.79 Å². The molecule has 1 aromatic rings. The molecule has 2 rings (SSSR count). The monoisotopic (exact) mass is 332 g/mol. The normalized spacial score (nSPS) is 15.2. The zero-order valence-corrected chi connectivity index (χ0v) is 13.6. The lowest BCUT2D eigenvalue weighted by atomic mass is 10.0. The van der Waals surface area contributed by atoms with Gasteiger partial charge in [0.15, 0.2) is 11.6 Å². The predicted molar refractivity (Wildman–Crippen MR) is 85.2 cm³/mol. The molecule has 1 aliphatic heterocycles. The first-order valence-corrected chi connectivity index (χ1v) is 7.56. The highest BCUT2D eigenvalue weighted by Gasteiger charge is 2.24. The van der Waals surface area contributed by atoms with Crippen molar-refractivity contribution in [1.82, 2.24) is 10.2 Å². The second-order valence-electron chi connectivity index (χ2n) is 5.49. The molecule has 1 heterocycles. The number of rotatable bonds is 5. The van der Waals surface area contributed by atoms with E-state index >= 15 is 0 Å². The van der Waals surface area contributed by atoms with Gasteiger partial charge in [0.25, 0.3) is 0 Å². The minimum Gasteiger partial charge on any atom is -0.339 e. The van der Waals surface area contributed by atoms with Gasteiger partial charge in [-0.2, -0.15) is 0 Å². The van der Waals surface area contributed by atoms with E-state index in [1.165, 1.54) is 6.07 Å². The lowest BCUT2D eigenvalue weighted by molar-refractivity contribution is -0.133. The molecular weight excluding hydrogens is 310 g/mol. The van der Waals surface area contributed by atoms with Crippen LogP contribution in [0.15, 0.2) is 18.2 Å². The summed E-state index contributed by atoms with van der Waals surface area (Å²) in [4.78, 5) is 14.4. The molecule has 0 spiro atoms. The van der Waals surface area contributed by atoms with E-state index < -0.39 is 11.6 Å². The summed E-state index contributed by atoms with van der Waals surface area (Å²) in [6.45, 7) is 4.60. The van der Waals surface area contributed by atoms with Gasteiger partial charge in [0.2, 0.25) is 5.91 Å². The van der Waals surface area contributed by atoms with Gasteiger partial charge >= 0.3 is 0 Å². The van der Waals surface area contributed by atoms with Gasteiger partial charge in [-0.1, -0.05) is 13.0 Å². The number of carbonyl (C=O) groups excluding carboxylic acids is 1. The van der Waals surface area contributed by atoms with Crippen molar-refractivity contribution < 1.29 is 13.6 Å². The first kappa shape index (κ1) is 18.8. The fourth-order valence-corrected chi connectivity index (χ4v) is 2.80. The molecule has 0 saturated carbocycles. The van der Waals surface area contributed by atoms with E-state index in [1.807, 2.05) is 11.8 Å². The van der Waals surface area contributed by atoms with Crippen molar-refractivity contribution in [3.05, 3.63) is 35.4 Å². The van der Waals surface area contributed by atoms with E-state index in [0.29, 0.717) is 12.1 Å². The zero-order valence-electron chi connectivity index (χ0n) is 12.8. The minimum absolute atomic E-state index is 0. The lowest BCUT2D eigenvalue weighted by Crippen LogP contribution is -2.47. The molecule has 1 N–H and O–H groups in total. The van der Waals surface area contributed by atoms with Gasteiger partial charge < -0.3 is 10.2 Å². The Hall–Kier alpha value is -1.20.